The highest BCUT2D eigenvalue weighted by Gasteiger charge is 2.21. The maximum atomic E-state index is 11.3. The molecule has 1 aliphatic rings. The fourth-order valence-corrected chi connectivity index (χ4v) is 1.54. The Kier molecular flexibility index (Phi) is 7.10. The maximum Gasteiger partial charge on any atom is 0.407 e. The van der Waals surface area contributed by atoms with Gasteiger partial charge in [-0.3, -0.25) is 0 Å². The predicted octanol–water partition coefficient (Wildman–Crippen LogP) is 0.701. The summed E-state index contributed by atoms with van der Waals surface area (Å²) in [5.41, 5.74) is -0.386. The highest BCUT2D eigenvalue weighted by atomic mass is 16.6. The number of aliphatic hydroxyl groups excluding tert-OH is 1. The smallest absolute Gasteiger partial charge is 0.407 e. The fourth-order valence-electron chi connectivity index (χ4n) is 1.54. The van der Waals surface area contributed by atoms with Crippen LogP contribution in [0.15, 0.2) is 0 Å². The minimum Gasteiger partial charge on any atom is -0.444 e. The molecule has 1 saturated carbocycles. The molecular weight excluding hydrogens is 226 g/mol. The molecule has 0 unspecified atom stereocenters. The molecule has 102 valence electrons. The molecule has 0 heterocycles. The summed E-state index contributed by atoms with van der Waals surface area (Å²) in [5.74, 6) is 0. The highest BCUT2D eigenvalue weighted by molar-refractivity contribution is 5.68. The van der Waals surface area contributed by atoms with Crippen LogP contribution in [0.1, 0.15) is 46.5 Å². The van der Waals surface area contributed by atoms with Gasteiger partial charge in [0, 0.05) is 6.04 Å². The Morgan fingerprint density at radius 1 is 1.24 bits per heavy atom. The molecule has 0 aromatic carbocycles. The molecule has 0 atom stereocenters. The summed E-state index contributed by atoms with van der Waals surface area (Å²) in [4.78, 5) is 11.3. The van der Waals surface area contributed by atoms with E-state index in [2.05, 4.69) is 5.32 Å². The van der Waals surface area contributed by atoms with Crippen molar-refractivity contribution >= 4 is 6.09 Å². The van der Waals surface area contributed by atoms with E-state index in [9.17, 15) is 4.79 Å². The molecule has 17 heavy (non-hydrogen) atoms. The Hall–Kier alpha value is -0.850. The van der Waals surface area contributed by atoms with Gasteiger partial charge in [-0.2, -0.15) is 0 Å². The van der Waals surface area contributed by atoms with Crippen molar-refractivity contribution in [1.29, 1.82) is 0 Å². The van der Waals surface area contributed by atoms with Gasteiger partial charge in [-0.05, 0) is 33.6 Å². The summed E-state index contributed by atoms with van der Waals surface area (Å²) in [5, 5.41) is 24.4. The van der Waals surface area contributed by atoms with E-state index < -0.39 is 6.48 Å². The molecule has 4 N–H and O–H groups in total. The summed E-state index contributed by atoms with van der Waals surface area (Å²) in [6.07, 6.45) is 4.36. The number of aliphatic hydroxyl groups is 3. The van der Waals surface area contributed by atoms with Crippen LogP contribution in [0, 0.1) is 0 Å². The van der Waals surface area contributed by atoms with E-state index >= 15 is 0 Å². The average Bonchev–Trinajstić information content (AvgIpc) is 2.50. The first-order valence-electron chi connectivity index (χ1n) is 5.74. The first-order chi connectivity index (χ1) is 7.70. The summed E-state index contributed by atoms with van der Waals surface area (Å²) >= 11 is 0. The van der Waals surface area contributed by atoms with Crippen LogP contribution in [0.25, 0.3) is 0 Å². The van der Waals surface area contributed by atoms with Crippen molar-refractivity contribution in [3.8, 4) is 0 Å². The van der Waals surface area contributed by atoms with Gasteiger partial charge < -0.3 is 25.4 Å². The number of carbonyl (C=O) groups is 1. The molecule has 0 spiro atoms. The molecule has 1 aliphatic carbocycles. The summed E-state index contributed by atoms with van der Waals surface area (Å²) in [6, 6.07) is 0.342. The molecule has 6 nitrogen and oxygen atoms in total. The van der Waals surface area contributed by atoms with Crippen LogP contribution in [0.4, 0.5) is 4.79 Å². The standard InChI is InChI=1S/C10H19NO2.CH4O3/c1-10(2,3)13-9(12)11-8-6-4-5-7-8;2-1(3)4/h8H,4-7H2,1-3H3,(H,11,12);1-4H. The molecule has 1 rings (SSSR count). The maximum absolute atomic E-state index is 11.3. The van der Waals surface area contributed by atoms with Crippen molar-refractivity contribution in [1.82, 2.24) is 5.32 Å². The van der Waals surface area contributed by atoms with E-state index in [1.807, 2.05) is 20.8 Å². The quantitative estimate of drug-likeness (QED) is 0.513. The average molecular weight is 249 g/mol. The lowest BCUT2D eigenvalue weighted by atomic mass is 10.2. The van der Waals surface area contributed by atoms with Crippen molar-refractivity contribution in [3.63, 3.8) is 0 Å². The van der Waals surface area contributed by atoms with E-state index in [-0.39, 0.29) is 11.7 Å². The van der Waals surface area contributed by atoms with Gasteiger partial charge in [-0.1, -0.05) is 12.8 Å². The second-order valence-electron chi connectivity index (χ2n) is 4.97. The second kappa shape index (κ2) is 7.47. The van der Waals surface area contributed by atoms with Crippen LogP contribution in [0.3, 0.4) is 0 Å². The molecule has 6 heteroatoms. The first-order valence-corrected chi connectivity index (χ1v) is 5.74. The van der Waals surface area contributed by atoms with Gasteiger partial charge in [0.2, 0.25) is 0 Å². The van der Waals surface area contributed by atoms with Gasteiger partial charge >= 0.3 is 6.09 Å². The Bertz CT molecular complexity index is 216. The highest BCUT2D eigenvalue weighted by Crippen LogP contribution is 2.18. The van der Waals surface area contributed by atoms with Crippen LogP contribution >= 0.6 is 0 Å². The Balaban J connectivity index is 0.000000557. The Morgan fingerprint density at radius 3 is 2.00 bits per heavy atom. The van der Waals surface area contributed by atoms with Crippen LogP contribution < -0.4 is 5.32 Å². The molecule has 0 radical (unpaired) electrons. The van der Waals surface area contributed by atoms with Crippen LogP contribution in [0.2, 0.25) is 0 Å². The minimum absolute atomic E-state index is 0.278. The van der Waals surface area contributed by atoms with Crippen LogP contribution in [-0.2, 0) is 4.74 Å². The number of hydrogen-bond donors (Lipinski definition) is 4. The topological polar surface area (TPSA) is 99.0 Å². The number of hydrogen-bond acceptors (Lipinski definition) is 5. The molecule has 1 amide bonds. The lowest BCUT2D eigenvalue weighted by Gasteiger charge is -2.21. The van der Waals surface area contributed by atoms with E-state index in [4.69, 9.17) is 20.1 Å². The van der Waals surface area contributed by atoms with Crippen molar-refractivity contribution in [2.75, 3.05) is 0 Å². The van der Waals surface area contributed by atoms with Crippen molar-refractivity contribution in [3.05, 3.63) is 0 Å². The van der Waals surface area contributed by atoms with Gasteiger partial charge in [0.15, 0.2) is 0 Å². The first kappa shape index (κ1) is 16.1. The summed E-state index contributed by atoms with van der Waals surface area (Å²) in [7, 11) is 0. The third kappa shape index (κ3) is 11.4. The third-order valence-corrected chi connectivity index (χ3v) is 2.08. The van der Waals surface area contributed by atoms with Gasteiger partial charge in [0.25, 0.3) is 6.48 Å². The lowest BCUT2D eigenvalue weighted by molar-refractivity contribution is -0.198. The fraction of sp³-hybridized carbons (Fsp3) is 0.909. The van der Waals surface area contributed by atoms with Gasteiger partial charge in [-0.25, -0.2) is 4.79 Å². The number of ether oxygens (including phenoxy) is 1. The lowest BCUT2D eigenvalue weighted by Crippen LogP contribution is -2.37. The summed E-state index contributed by atoms with van der Waals surface area (Å²) < 4.78 is 5.15. The van der Waals surface area contributed by atoms with Crippen molar-refractivity contribution in [2.45, 2.75) is 64.6 Å². The monoisotopic (exact) mass is 249 g/mol. The number of rotatable bonds is 1. The number of carbonyl (C=O) groups excluding carboxylic acids is 1. The van der Waals surface area contributed by atoms with Gasteiger partial charge in [-0.15, -0.1) is 0 Å². The van der Waals surface area contributed by atoms with Crippen LogP contribution in [0.5, 0.6) is 0 Å². The molecule has 0 saturated heterocycles. The molecule has 0 aromatic heterocycles. The van der Waals surface area contributed by atoms with E-state index in [1.54, 1.807) is 0 Å². The number of nitrogens with one attached hydrogen (secondary N) is 1. The van der Waals surface area contributed by atoms with E-state index in [1.165, 1.54) is 12.8 Å². The Labute approximate surface area is 102 Å². The zero-order valence-corrected chi connectivity index (χ0v) is 10.6. The van der Waals surface area contributed by atoms with Crippen molar-refractivity contribution < 1.29 is 24.9 Å². The number of alkyl carbamates (subject to hydrolysis) is 1. The Morgan fingerprint density at radius 2 is 1.65 bits per heavy atom. The van der Waals surface area contributed by atoms with E-state index in [0.717, 1.165) is 12.8 Å². The normalized spacial score (nSPS) is 16.4. The van der Waals surface area contributed by atoms with Gasteiger partial charge in [0.1, 0.15) is 5.60 Å². The minimum atomic E-state index is -2.17. The third-order valence-electron chi connectivity index (χ3n) is 2.08. The van der Waals surface area contributed by atoms with E-state index in [0.29, 0.717) is 6.04 Å². The molecule has 0 aromatic rings. The largest absolute Gasteiger partial charge is 0.444 e. The van der Waals surface area contributed by atoms with Crippen LogP contribution in [-0.4, -0.2) is 39.5 Å². The predicted molar refractivity (Wildman–Crippen MR) is 62.1 cm³/mol. The zero-order chi connectivity index (χ0) is 13.5. The number of amides is 1. The van der Waals surface area contributed by atoms with Gasteiger partial charge in [0.05, 0.1) is 0 Å². The zero-order valence-electron chi connectivity index (χ0n) is 10.6. The SMILES string of the molecule is CC(C)(C)OC(=O)NC1CCCC1.OC(O)O. The second-order valence-corrected chi connectivity index (χ2v) is 4.97. The summed E-state index contributed by atoms with van der Waals surface area (Å²) in [6.45, 7) is 3.46. The molecule has 0 aliphatic heterocycles. The van der Waals surface area contributed by atoms with Crippen molar-refractivity contribution in [2.24, 2.45) is 0 Å². The molecular formula is C11H23NO5. The molecule has 1 fully saturated rings. The molecule has 0 bridgehead atoms.